The van der Waals surface area contributed by atoms with E-state index in [1.807, 2.05) is 7.05 Å². The summed E-state index contributed by atoms with van der Waals surface area (Å²) >= 11 is 0. The van der Waals surface area contributed by atoms with Crippen molar-refractivity contribution in [1.29, 1.82) is 0 Å². The van der Waals surface area contributed by atoms with Crippen molar-refractivity contribution in [3.05, 3.63) is 0 Å². The minimum Gasteiger partial charge on any atom is -0.254 e. The third-order valence-electron chi connectivity index (χ3n) is 1.30. The maximum Gasteiger partial charge on any atom is 0.0350 e. The Labute approximate surface area is 38.1 Å². The van der Waals surface area contributed by atoms with Gasteiger partial charge in [0.15, 0.2) is 0 Å². The molecule has 1 N–H and O–H groups in total. The molecule has 0 bridgehead atoms. The topological polar surface area (TPSA) is 15.3 Å². The number of hydrogen-bond acceptors (Lipinski definition) is 2. The van der Waals surface area contributed by atoms with Gasteiger partial charge in [-0.2, -0.15) is 0 Å². The number of nitrogens with one attached hydrogen (secondary N) is 1. The van der Waals surface area contributed by atoms with Crippen LogP contribution in [0.15, 0.2) is 0 Å². The molecule has 2 heteroatoms. The first kappa shape index (κ1) is 4.09. The van der Waals surface area contributed by atoms with Crippen LogP contribution in [0.4, 0.5) is 0 Å². The molecular formula is C4H10N2. The zero-order valence-corrected chi connectivity index (χ0v) is 4.23. The molecule has 0 amide bonds. The van der Waals surface area contributed by atoms with Crippen molar-refractivity contribution in [3.63, 3.8) is 0 Å². The lowest BCUT2D eigenvalue weighted by molar-refractivity contribution is 0.0697. The zero-order chi connectivity index (χ0) is 4.57. The van der Waals surface area contributed by atoms with Gasteiger partial charge in [0.25, 0.3) is 0 Å². The lowest BCUT2D eigenvalue weighted by atomic mass is 10.3. The van der Waals surface area contributed by atoms with E-state index in [2.05, 4.69) is 17.4 Å². The normalized spacial score (nSPS) is 36.0. The van der Waals surface area contributed by atoms with Gasteiger partial charge in [-0.15, -0.1) is 0 Å². The third kappa shape index (κ3) is 0.420. The molecule has 0 aromatic rings. The molecule has 1 aliphatic heterocycles. The van der Waals surface area contributed by atoms with Crippen molar-refractivity contribution < 1.29 is 0 Å². The van der Waals surface area contributed by atoms with Crippen LogP contribution in [0.3, 0.4) is 0 Å². The van der Waals surface area contributed by atoms with Crippen molar-refractivity contribution in [1.82, 2.24) is 10.4 Å². The SMILES string of the molecule is CC1CNN1C. The maximum atomic E-state index is 3.09. The van der Waals surface area contributed by atoms with Crippen molar-refractivity contribution in [2.45, 2.75) is 13.0 Å². The molecule has 1 aliphatic rings. The van der Waals surface area contributed by atoms with Crippen molar-refractivity contribution in [2.75, 3.05) is 13.6 Å². The van der Waals surface area contributed by atoms with Gasteiger partial charge in [0.1, 0.15) is 0 Å². The summed E-state index contributed by atoms with van der Waals surface area (Å²) in [4.78, 5) is 0. The fourth-order valence-electron chi connectivity index (χ4n) is 0.456. The minimum atomic E-state index is 0.755. The molecular weight excluding hydrogens is 76.1 g/mol. The van der Waals surface area contributed by atoms with Crippen LogP contribution in [0.2, 0.25) is 0 Å². The summed E-state index contributed by atoms with van der Waals surface area (Å²) < 4.78 is 0. The molecule has 1 fully saturated rings. The highest BCUT2D eigenvalue weighted by atomic mass is 15.6. The summed E-state index contributed by atoms with van der Waals surface area (Å²) in [5.41, 5.74) is 3.09. The lowest BCUT2D eigenvalue weighted by Crippen LogP contribution is -2.57. The van der Waals surface area contributed by atoms with Crippen molar-refractivity contribution >= 4 is 0 Å². The van der Waals surface area contributed by atoms with Crippen LogP contribution in [0.25, 0.3) is 0 Å². The van der Waals surface area contributed by atoms with Crippen molar-refractivity contribution in [2.24, 2.45) is 0 Å². The monoisotopic (exact) mass is 86.1 g/mol. The molecule has 0 spiro atoms. The number of likely N-dealkylation sites (N-methyl/N-ethyl adjacent to an activating group) is 1. The predicted octanol–water partition coefficient (Wildman–Crippen LogP) is -0.175. The molecule has 0 saturated carbocycles. The van der Waals surface area contributed by atoms with Gasteiger partial charge in [-0.25, -0.2) is 5.01 Å². The second kappa shape index (κ2) is 1.21. The first-order valence-corrected chi connectivity index (χ1v) is 2.27. The molecule has 1 saturated heterocycles. The summed E-state index contributed by atoms with van der Waals surface area (Å²) in [5.74, 6) is 0. The van der Waals surface area contributed by atoms with E-state index in [9.17, 15) is 0 Å². The van der Waals surface area contributed by atoms with Gasteiger partial charge in [-0.1, -0.05) is 0 Å². The first-order chi connectivity index (χ1) is 2.80. The highest BCUT2D eigenvalue weighted by Gasteiger charge is 2.16. The number of nitrogens with zero attached hydrogens (tertiary/aromatic N) is 1. The molecule has 2 nitrogen and oxygen atoms in total. The average Bonchev–Trinajstić information content (AvgIpc) is 1.61. The largest absolute Gasteiger partial charge is 0.254 e. The van der Waals surface area contributed by atoms with Crippen LogP contribution >= 0.6 is 0 Å². The second-order valence-corrected chi connectivity index (χ2v) is 1.82. The Morgan fingerprint density at radius 3 is 2.33 bits per heavy atom. The number of rotatable bonds is 0. The average molecular weight is 86.1 g/mol. The van der Waals surface area contributed by atoms with E-state index >= 15 is 0 Å². The van der Waals surface area contributed by atoms with Gasteiger partial charge in [-0.05, 0) is 6.92 Å². The molecule has 1 unspecified atom stereocenters. The minimum absolute atomic E-state index is 0.755. The van der Waals surface area contributed by atoms with Crippen LogP contribution in [-0.2, 0) is 0 Å². The van der Waals surface area contributed by atoms with Gasteiger partial charge in [-0.3, -0.25) is 5.43 Å². The zero-order valence-electron chi connectivity index (χ0n) is 4.23. The first-order valence-electron chi connectivity index (χ1n) is 2.27. The molecule has 6 heavy (non-hydrogen) atoms. The molecule has 36 valence electrons. The molecule has 1 atom stereocenters. The lowest BCUT2D eigenvalue weighted by Gasteiger charge is -2.35. The van der Waals surface area contributed by atoms with E-state index in [0.717, 1.165) is 12.6 Å². The molecule has 1 heterocycles. The summed E-state index contributed by atoms with van der Waals surface area (Å²) in [5, 5.41) is 2.10. The van der Waals surface area contributed by atoms with Crippen LogP contribution in [-0.4, -0.2) is 24.6 Å². The Kier molecular flexibility index (Phi) is 0.821. The van der Waals surface area contributed by atoms with E-state index in [-0.39, 0.29) is 0 Å². The third-order valence-corrected chi connectivity index (χ3v) is 1.30. The highest BCUT2D eigenvalue weighted by Crippen LogP contribution is 1.97. The Balaban J connectivity index is 2.20. The highest BCUT2D eigenvalue weighted by molar-refractivity contribution is 4.70. The van der Waals surface area contributed by atoms with Crippen LogP contribution < -0.4 is 5.43 Å². The summed E-state index contributed by atoms with van der Waals surface area (Å²) in [7, 11) is 2.05. The summed E-state index contributed by atoms with van der Waals surface area (Å²) in [6.45, 7) is 3.34. The van der Waals surface area contributed by atoms with Crippen molar-refractivity contribution in [3.8, 4) is 0 Å². The van der Waals surface area contributed by atoms with Crippen LogP contribution in [0, 0.1) is 0 Å². The summed E-state index contributed by atoms with van der Waals surface area (Å²) in [6.07, 6.45) is 0. The smallest absolute Gasteiger partial charge is 0.0350 e. The van der Waals surface area contributed by atoms with Crippen LogP contribution in [0.1, 0.15) is 6.92 Å². The Morgan fingerprint density at radius 2 is 2.33 bits per heavy atom. The Hall–Kier alpha value is -0.0800. The van der Waals surface area contributed by atoms with E-state index in [1.54, 1.807) is 0 Å². The molecule has 0 aliphatic carbocycles. The van der Waals surface area contributed by atoms with Gasteiger partial charge in [0.05, 0.1) is 0 Å². The van der Waals surface area contributed by atoms with E-state index in [0.29, 0.717) is 0 Å². The van der Waals surface area contributed by atoms with Gasteiger partial charge >= 0.3 is 0 Å². The van der Waals surface area contributed by atoms with E-state index < -0.39 is 0 Å². The second-order valence-electron chi connectivity index (χ2n) is 1.82. The van der Waals surface area contributed by atoms with Gasteiger partial charge < -0.3 is 0 Å². The fraction of sp³-hybridized carbons (Fsp3) is 1.00. The number of hydrazine groups is 1. The molecule has 1 rings (SSSR count). The summed E-state index contributed by atoms with van der Waals surface area (Å²) in [6, 6.07) is 0.755. The van der Waals surface area contributed by atoms with Gasteiger partial charge in [0, 0.05) is 19.6 Å². The quantitative estimate of drug-likeness (QED) is 0.440. The fourth-order valence-corrected chi connectivity index (χ4v) is 0.456. The van der Waals surface area contributed by atoms with E-state index in [4.69, 9.17) is 0 Å². The van der Waals surface area contributed by atoms with Crippen LogP contribution in [0.5, 0.6) is 0 Å². The van der Waals surface area contributed by atoms with E-state index in [1.165, 1.54) is 0 Å². The maximum absolute atomic E-state index is 3.09. The predicted molar refractivity (Wildman–Crippen MR) is 25.2 cm³/mol. The number of hydrogen-bond donors (Lipinski definition) is 1. The molecule has 0 aromatic carbocycles. The van der Waals surface area contributed by atoms with Gasteiger partial charge in [0.2, 0.25) is 0 Å². The standard InChI is InChI=1S/C4H10N2/c1-4-3-5-6(4)2/h4-5H,3H2,1-2H3. The molecule has 0 radical (unpaired) electrons. The Bertz CT molecular complexity index is 45.5. The molecule has 0 aromatic heterocycles. The Morgan fingerprint density at radius 1 is 1.83 bits per heavy atom.